The van der Waals surface area contributed by atoms with Gasteiger partial charge in [0.15, 0.2) is 0 Å². The van der Waals surface area contributed by atoms with E-state index in [2.05, 4.69) is 10.4 Å². The Morgan fingerprint density at radius 2 is 1.73 bits per heavy atom. The zero-order valence-electron chi connectivity index (χ0n) is 15.6. The lowest BCUT2D eigenvalue weighted by Gasteiger charge is -2.08. The summed E-state index contributed by atoms with van der Waals surface area (Å²) in [7, 11) is 0. The van der Waals surface area contributed by atoms with Crippen LogP contribution >= 0.6 is 0 Å². The zero-order chi connectivity index (χ0) is 21.3. The van der Waals surface area contributed by atoms with Crippen LogP contribution in [0.5, 0.6) is 0 Å². The van der Waals surface area contributed by atoms with E-state index in [4.69, 9.17) is 5.73 Å². The molecule has 1 aromatic heterocycles. The predicted octanol–water partition coefficient (Wildman–Crippen LogP) is 4.94. The molecule has 0 aliphatic heterocycles. The third-order valence-corrected chi connectivity index (χ3v) is 4.67. The molecule has 0 fully saturated rings. The largest absolute Gasteiger partial charge is 0.417 e. The van der Waals surface area contributed by atoms with Crippen molar-refractivity contribution in [2.45, 2.75) is 12.7 Å². The van der Waals surface area contributed by atoms with Gasteiger partial charge in [-0.05, 0) is 42.0 Å². The SMILES string of the molecule is Nc1ccccc1NC(=O)c1ccc(Cn2cc3c(C(F)(F)F)cccc3n2)cc1. The second-order valence-electron chi connectivity index (χ2n) is 6.80. The molecule has 1 heterocycles. The molecule has 4 aromatic rings. The predicted molar refractivity (Wildman–Crippen MR) is 109 cm³/mol. The monoisotopic (exact) mass is 410 g/mol. The van der Waals surface area contributed by atoms with Gasteiger partial charge in [-0.2, -0.15) is 18.3 Å². The fourth-order valence-corrected chi connectivity index (χ4v) is 3.17. The van der Waals surface area contributed by atoms with Gasteiger partial charge in [-0.1, -0.05) is 30.3 Å². The van der Waals surface area contributed by atoms with Gasteiger partial charge in [0.25, 0.3) is 5.91 Å². The third kappa shape index (κ3) is 3.98. The van der Waals surface area contributed by atoms with Gasteiger partial charge < -0.3 is 11.1 Å². The first-order valence-corrected chi connectivity index (χ1v) is 9.09. The molecular weight excluding hydrogens is 393 g/mol. The van der Waals surface area contributed by atoms with E-state index in [1.54, 1.807) is 54.6 Å². The minimum absolute atomic E-state index is 0.0569. The van der Waals surface area contributed by atoms with Crippen LogP contribution in [0.1, 0.15) is 21.5 Å². The Hall–Kier alpha value is -3.81. The van der Waals surface area contributed by atoms with Crippen molar-refractivity contribution in [3.8, 4) is 0 Å². The molecule has 0 radical (unpaired) electrons. The van der Waals surface area contributed by atoms with Gasteiger partial charge in [-0.3, -0.25) is 9.48 Å². The summed E-state index contributed by atoms with van der Waals surface area (Å²) in [5, 5.41) is 7.03. The molecule has 8 heteroatoms. The number of fused-ring (bicyclic) bond motifs is 1. The van der Waals surface area contributed by atoms with E-state index in [0.29, 0.717) is 16.9 Å². The highest BCUT2D eigenvalue weighted by Gasteiger charge is 2.33. The van der Waals surface area contributed by atoms with E-state index in [0.717, 1.165) is 11.6 Å². The molecule has 0 saturated heterocycles. The van der Waals surface area contributed by atoms with Crippen LogP contribution in [0, 0.1) is 0 Å². The van der Waals surface area contributed by atoms with Crippen molar-refractivity contribution >= 4 is 28.2 Å². The van der Waals surface area contributed by atoms with Crippen molar-refractivity contribution in [3.05, 3.63) is 89.6 Å². The number of nitrogens with zero attached hydrogens (tertiary/aromatic N) is 2. The fraction of sp³-hybridized carbons (Fsp3) is 0.0909. The van der Waals surface area contributed by atoms with Crippen LogP contribution in [-0.2, 0) is 12.7 Å². The number of amides is 1. The number of hydrogen-bond donors (Lipinski definition) is 2. The quantitative estimate of drug-likeness (QED) is 0.468. The maximum absolute atomic E-state index is 13.2. The molecule has 3 aromatic carbocycles. The molecule has 0 aliphatic carbocycles. The Morgan fingerprint density at radius 1 is 1.00 bits per heavy atom. The van der Waals surface area contributed by atoms with Crippen LogP contribution in [0.4, 0.5) is 24.5 Å². The highest BCUT2D eigenvalue weighted by molar-refractivity contribution is 6.05. The normalized spacial score (nSPS) is 11.6. The van der Waals surface area contributed by atoms with Gasteiger partial charge in [-0.15, -0.1) is 0 Å². The van der Waals surface area contributed by atoms with Crippen LogP contribution < -0.4 is 11.1 Å². The first-order chi connectivity index (χ1) is 14.3. The number of nitrogens with one attached hydrogen (secondary N) is 1. The van der Waals surface area contributed by atoms with Gasteiger partial charge in [-0.25, -0.2) is 0 Å². The number of para-hydroxylation sites is 2. The van der Waals surface area contributed by atoms with Crippen LogP contribution in [-0.4, -0.2) is 15.7 Å². The maximum Gasteiger partial charge on any atom is 0.417 e. The summed E-state index contributed by atoms with van der Waals surface area (Å²) < 4.78 is 41.0. The van der Waals surface area contributed by atoms with Crippen molar-refractivity contribution in [2.75, 3.05) is 11.1 Å². The Bertz CT molecular complexity index is 1210. The Labute approximate surface area is 169 Å². The molecule has 5 nitrogen and oxygen atoms in total. The van der Waals surface area contributed by atoms with Crippen LogP contribution in [0.3, 0.4) is 0 Å². The number of aromatic nitrogens is 2. The third-order valence-electron chi connectivity index (χ3n) is 4.67. The summed E-state index contributed by atoms with van der Waals surface area (Å²) in [5.74, 6) is -0.306. The number of benzene rings is 3. The summed E-state index contributed by atoms with van der Waals surface area (Å²) in [6.07, 6.45) is -3.05. The molecule has 30 heavy (non-hydrogen) atoms. The molecule has 0 spiro atoms. The molecule has 0 aliphatic rings. The van der Waals surface area contributed by atoms with Gasteiger partial charge in [0, 0.05) is 17.1 Å². The van der Waals surface area contributed by atoms with Crippen LogP contribution in [0.2, 0.25) is 0 Å². The Kier molecular flexibility index (Phi) is 4.91. The number of anilines is 2. The second-order valence-corrected chi connectivity index (χ2v) is 6.80. The fourth-order valence-electron chi connectivity index (χ4n) is 3.17. The second kappa shape index (κ2) is 7.55. The van der Waals surface area contributed by atoms with Crippen LogP contribution in [0.25, 0.3) is 10.9 Å². The Balaban J connectivity index is 1.51. The summed E-state index contributed by atoms with van der Waals surface area (Å²) in [4.78, 5) is 12.4. The van der Waals surface area contributed by atoms with E-state index < -0.39 is 11.7 Å². The molecule has 0 unspecified atom stereocenters. The summed E-state index contributed by atoms with van der Waals surface area (Å²) in [6, 6.07) is 17.6. The smallest absolute Gasteiger partial charge is 0.397 e. The number of nitrogens with two attached hydrogens (primary N) is 1. The minimum Gasteiger partial charge on any atom is -0.397 e. The zero-order valence-corrected chi connectivity index (χ0v) is 15.6. The Morgan fingerprint density at radius 3 is 2.43 bits per heavy atom. The van der Waals surface area contributed by atoms with Gasteiger partial charge in [0.2, 0.25) is 0 Å². The number of carbonyl (C=O) groups is 1. The number of nitrogen functional groups attached to an aromatic ring is 1. The maximum atomic E-state index is 13.2. The summed E-state index contributed by atoms with van der Waals surface area (Å²) in [6.45, 7) is 0.277. The van der Waals surface area contributed by atoms with Gasteiger partial charge >= 0.3 is 6.18 Å². The van der Waals surface area contributed by atoms with Crippen LogP contribution in [0.15, 0.2) is 72.9 Å². The van der Waals surface area contributed by atoms with E-state index >= 15 is 0 Å². The first-order valence-electron chi connectivity index (χ1n) is 9.09. The van der Waals surface area contributed by atoms with E-state index in [-0.39, 0.29) is 23.4 Å². The average molecular weight is 410 g/mol. The number of carbonyl (C=O) groups excluding carboxylic acids is 1. The molecule has 0 atom stereocenters. The number of rotatable bonds is 4. The van der Waals surface area contributed by atoms with E-state index in [1.807, 2.05) is 0 Å². The van der Waals surface area contributed by atoms with Crippen molar-refractivity contribution < 1.29 is 18.0 Å². The standard InChI is InChI=1S/C22H17F3N4O/c23-22(24,25)17-4-3-7-19-16(17)13-29(28-19)12-14-8-10-15(11-9-14)21(30)27-20-6-2-1-5-18(20)26/h1-11,13H,12,26H2,(H,27,30). The van der Waals surface area contributed by atoms with Crippen molar-refractivity contribution in [1.29, 1.82) is 0 Å². The number of hydrogen-bond acceptors (Lipinski definition) is 3. The molecular formula is C22H17F3N4O. The molecule has 0 bridgehead atoms. The lowest BCUT2D eigenvalue weighted by Crippen LogP contribution is -2.13. The molecule has 4 rings (SSSR count). The average Bonchev–Trinajstić information content (AvgIpc) is 3.11. The highest BCUT2D eigenvalue weighted by atomic mass is 19.4. The van der Waals surface area contributed by atoms with Gasteiger partial charge in [0.05, 0.1) is 29.0 Å². The molecule has 0 saturated carbocycles. The lowest BCUT2D eigenvalue weighted by molar-refractivity contribution is -0.136. The van der Waals surface area contributed by atoms with E-state index in [9.17, 15) is 18.0 Å². The summed E-state index contributed by atoms with van der Waals surface area (Å²) in [5.41, 5.74) is 7.62. The van der Waals surface area contributed by atoms with E-state index in [1.165, 1.54) is 16.9 Å². The van der Waals surface area contributed by atoms with Crippen molar-refractivity contribution in [2.24, 2.45) is 0 Å². The molecule has 3 N–H and O–H groups in total. The van der Waals surface area contributed by atoms with Gasteiger partial charge in [0.1, 0.15) is 0 Å². The first kappa shape index (κ1) is 19.5. The van der Waals surface area contributed by atoms with Crippen molar-refractivity contribution in [1.82, 2.24) is 9.78 Å². The molecule has 152 valence electrons. The molecule has 1 amide bonds. The minimum atomic E-state index is -4.44. The lowest BCUT2D eigenvalue weighted by atomic mass is 10.1. The summed E-state index contributed by atoms with van der Waals surface area (Å²) >= 11 is 0. The number of halogens is 3. The number of alkyl halides is 3. The highest BCUT2D eigenvalue weighted by Crippen LogP contribution is 2.34. The topological polar surface area (TPSA) is 72.9 Å². The van der Waals surface area contributed by atoms with Crippen molar-refractivity contribution in [3.63, 3.8) is 0 Å².